The third kappa shape index (κ3) is 3.09. The van der Waals surface area contributed by atoms with Crippen molar-refractivity contribution in [3.8, 4) is 0 Å². The van der Waals surface area contributed by atoms with Crippen molar-refractivity contribution in [3.05, 3.63) is 24.0 Å². The van der Waals surface area contributed by atoms with Crippen molar-refractivity contribution in [2.75, 3.05) is 20.6 Å². The zero-order chi connectivity index (χ0) is 11.5. The highest BCUT2D eigenvalue weighted by Crippen LogP contribution is 2.34. The van der Waals surface area contributed by atoms with Crippen LogP contribution in [0.3, 0.4) is 0 Å². The highest BCUT2D eigenvalue weighted by molar-refractivity contribution is 5.09. The van der Waals surface area contributed by atoms with Crippen LogP contribution >= 0.6 is 0 Å². The van der Waals surface area contributed by atoms with Gasteiger partial charge in [0.05, 0.1) is 0 Å². The molecule has 2 rings (SSSR count). The van der Waals surface area contributed by atoms with Crippen molar-refractivity contribution in [3.63, 3.8) is 0 Å². The van der Waals surface area contributed by atoms with Gasteiger partial charge in [0, 0.05) is 38.6 Å². The third-order valence-electron chi connectivity index (χ3n) is 3.41. The topological polar surface area (TPSA) is 20.2 Å². The van der Waals surface area contributed by atoms with E-state index < -0.39 is 0 Å². The quantitative estimate of drug-likeness (QED) is 0.784. The summed E-state index contributed by atoms with van der Waals surface area (Å²) in [5.74, 6) is 0.929. The zero-order valence-electron chi connectivity index (χ0n) is 10.6. The minimum absolute atomic E-state index is 0.712. The minimum Gasteiger partial charge on any atom is -0.357 e. The molecular weight excluding hydrogens is 198 g/mol. The van der Waals surface area contributed by atoms with Gasteiger partial charge < -0.3 is 14.8 Å². The number of hydrogen-bond acceptors (Lipinski definition) is 2. The first-order valence-corrected chi connectivity index (χ1v) is 6.15. The van der Waals surface area contributed by atoms with E-state index in [2.05, 4.69) is 54.4 Å². The molecular formula is C13H23N3. The van der Waals surface area contributed by atoms with Crippen molar-refractivity contribution in [2.45, 2.75) is 25.4 Å². The van der Waals surface area contributed by atoms with E-state index >= 15 is 0 Å². The maximum Gasteiger partial charge on any atom is 0.0242 e. The molecule has 1 aromatic heterocycles. The summed E-state index contributed by atoms with van der Waals surface area (Å²) in [4.78, 5) is 2.36. The summed E-state index contributed by atoms with van der Waals surface area (Å²) in [6.07, 6.45) is 7.10. The van der Waals surface area contributed by atoms with Crippen LogP contribution in [-0.2, 0) is 13.6 Å². The predicted molar refractivity (Wildman–Crippen MR) is 67.3 cm³/mol. The predicted octanol–water partition coefficient (Wildman–Crippen LogP) is 1.45. The largest absolute Gasteiger partial charge is 0.357 e. The lowest BCUT2D eigenvalue weighted by atomic mass is 10.1. The second-order valence-corrected chi connectivity index (χ2v) is 5.18. The first-order valence-electron chi connectivity index (χ1n) is 6.15. The van der Waals surface area contributed by atoms with E-state index in [1.54, 1.807) is 0 Å². The number of nitrogens with one attached hydrogen (secondary N) is 1. The van der Waals surface area contributed by atoms with Crippen LogP contribution in [0.1, 0.15) is 18.4 Å². The highest BCUT2D eigenvalue weighted by Gasteiger charge is 2.31. The van der Waals surface area contributed by atoms with Gasteiger partial charge in [-0.15, -0.1) is 0 Å². The van der Waals surface area contributed by atoms with E-state index in [1.807, 2.05) is 0 Å². The molecule has 0 aromatic carbocycles. The highest BCUT2D eigenvalue weighted by atomic mass is 15.1. The number of nitrogens with zero attached hydrogens (tertiary/aromatic N) is 2. The molecule has 3 heteroatoms. The second-order valence-electron chi connectivity index (χ2n) is 5.18. The van der Waals surface area contributed by atoms with Crippen LogP contribution in [0.5, 0.6) is 0 Å². The maximum atomic E-state index is 3.56. The molecule has 0 bridgehead atoms. The Morgan fingerprint density at radius 1 is 1.50 bits per heavy atom. The fraction of sp³-hybridized carbons (Fsp3) is 0.692. The Morgan fingerprint density at radius 2 is 2.25 bits per heavy atom. The molecule has 1 aliphatic rings. The molecule has 1 heterocycles. The lowest BCUT2D eigenvalue weighted by Crippen LogP contribution is -2.39. The van der Waals surface area contributed by atoms with E-state index in [9.17, 15) is 0 Å². The fourth-order valence-corrected chi connectivity index (χ4v) is 2.28. The van der Waals surface area contributed by atoms with Gasteiger partial charge in [-0.05, 0) is 44.5 Å². The molecule has 0 amide bonds. The first-order chi connectivity index (χ1) is 7.66. The smallest absolute Gasteiger partial charge is 0.0242 e. The van der Waals surface area contributed by atoms with Crippen LogP contribution in [0.25, 0.3) is 0 Å². The normalized spacial score (nSPS) is 18.0. The Kier molecular flexibility index (Phi) is 3.66. The maximum absolute atomic E-state index is 3.56. The Hall–Kier alpha value is -0.800. The lowest BCUT2D eigenvalue weighted by Gasteiger charge is -2.24. The van der Waals surface area contributed by atoms with E-state index in [4.69, 9.17) is 0 Å². The van der Waals surface area contributed by atoms with Crippen LogP contribution in [0.15, 0.2) is 18.5 Å². The van der Waals surface area contributed by atoms with Gasteiger partial charge in [-0.3, -0.25) is 0 Å². The Morgan fingerprint density at radius 3 is 2.75 bits per heavy atom. The van der Waals surface area contributed by atoms with E-state index in [0.29, 0.717) is 6.04 Å². The van der Waals surface area contributed by atoms with Gasteiger partial charge in [-0.25, -0.2) is 0 Å². The number of aryl methyl sites for hydroxylation is 1. The Bertz CT molecular complexity index is 324. The molecule has 1 aliphatic carbocycles. The monoisotopic (exact) mass is 221 g/mol. The minimum atomic E-state index is 0.712. The summed E-state index contributed by atoms with van der Waals surface area (Å²) in [6.45, 7) is 2.09. The molecule has 1 unspecified atom stereocenters. The molecule has 0 spiro atoms. The van der Waals surface area contributed by atoms with E-state index in [0.717, 1.165) is 19.0 Å². The molecule has 3 nitrogen and oxygen atoms in total. The number of aromatic nitrogens is 1. The molecule has 0 radical (unpaired) electrons. The van der Waals surface area contributed by atoms with Gasteiger partial charge in [-0.1, -0.05) is 0 Å². The van der Waals surface area contributed by atoms with Crippen LogP contribution in [0, 0.1) is 5.92 Å². The molecule has 1 N–H and O–H groups in total. The molecule has 90 valence electrons. The summed E-state index contributed by atoms with van der Waals surface area (Å²) in [5, 5.41) is 3.56. The summed E-state index contributed by atoms with van der Waals surface area (Å²) in [6, 6.07) is 2.89. The summed E-state index contributed by atoms with van der Waals surface area (Å²) < 4.78 is 2.10. The molecule has 0 aliphatic heterocycles. The summed E-state index contributed by atoms with van der Waals surface area (Å²) in [5.41, 5.74) is 1.37. The van der Waals surface area contributed by atoms with Crippen LogP contribution < -0.4 is 5.32 Å². The van der Waals surface area contributed by atoms with Crippen molar-refractivity contribution in [1.29, 1.82) is 0 Å². The lowest BCUT2D eigenvalue weighted by molar-refractivity contribution is 0.255. The van der Waals surface area contributed by atoms with E-state index in [1.165, 1.54) is 18.4 Å². The first kappa shape index (κ1) is 11.7. The van der Waals surface area contributed by atoms with Gasteiger partial charge in [0.1, 0.15) is 0 Å². The summed E-state index contributed by atoms with van der Waals surface area (Å²) in [7, 11) is 6.44. The average Bonchev–Trinajstić information content (AvgIpc) is 2.97. The molecule has 1 saturated carbocycles. The van der Waals surface area contributed by atoms with Crippen LogP contribution in [0.2, 0.25) is 0 Å². The average molecular weight is 221 g/mol. The Balaban J connectivity index is 1.74. The SMILES string of the molecule is CN(C)C(CNCc1ccn(C)c1)C1CC1. The number of hydrogen-bond donors (Lipinski definition) is 1. The summed E-state index contributed by atoms with van der Waals surface area (Å²) >= 11 is 0. The van der Waals surface area contributed by atoms with Crippen molar-refractivity contribution < 1.29 is 0 Å². The third-order valence-corrected chi connectivity index (χ3v) is 3.41. The van der Waals surface area contributed by atoms with Crippen molar-refractivity contribution >= 4 is 0 Å². The van der Waals surface area contributed by atoms with Crippen LogP contribution in [0.4, 0.5) is 0 Å². The number of likely N-dealkylation sites (N-methyl/N-ethyl adjacent to an activating group) is 1. The number of rotatable bonds is 6. The molecule has 16 heavy (non-hydrogen) atoms. The van der Waals surface area contributed by atoms with Gasteiger partial charge in [0.25, 0.3) is 0 Å². The zero-order valence-corrected chi connectivity index (χ0v) is 10.6. The van der Waals surface area contributed by atoms with Crippen molar-refractivity contribution in [1.82, 2.24) is 14.8 Å². The second kappa shape index (κ2) is 5.02. The molecule has 1 aromatic rings. The molecule has 1 atom stereocenters. The van der Waals surface area contributed by atoms with Gasteiger partial charge >= 0.3 is 0 Å². The van der Waals surface area contributed by atoms with E-state index in [-0.39, 0.29) is 0 Å². The van der Waals surface area contributed by atoms with Crippen molar-refractivity contribution in [2.24, 2.45) is 13.0 Å². The van der Waals surface area contributed by atoms with Crippen LogP contribution in [-0.4, -0.2) is 36.1 Å². The molecule has 0 saturated heterocycles. The van der Waals surface area contributed by atoms with Gasteiger partial charge in [0.15, 0.2) is 0 Å². The Labute approximate surface area is 98.4 Å². The standard InChI is InChI=1S/C13H23N3/c1-15(2)13(12-4-5-12)9-14-8-11-6-7-16(3)10-11/h6-7,10,12-14H,4-5,8-9H2,1-3H3. The fourth-order valence-electron chi connectivity index (χ4n) is 2.28. The van der Waals surface area contributed by atoms with Gasteiger partial charge in [-0.2, -0.15) is 0 Å². The van der Waals surface area contributed by atoms with Gasteiger partial charge in [0.2, 0.25) is 0 Å². The molecule has 1 fully saturated rings.